The van der Waals surface area contributed by atoms with Crippen molar-refractivity contribution in [3.8, 4) is 29.8 Å². The molecule has 0 radical (unpaired) electrons. The SMILES string of the molecule is C#COc1ccc(C(=O)O)c(C(=O)NC2CC[N+]23C(=O)C32CC(OCCOc3ccccc3)CCC2C(=O)O)c1.Oc1ccccc1. The predicted octanol–water partition coefficient (Wildman–Crippen LogP) is 3.65. The maximum atomic E-state index is 13.6. The van der Waals surface area contributed by atoms with Crippen LogP contribution in [0.2, 0.25) is 0 Å². The normalized spacial score (nSPS) is 25.3. The topological polar surface area (TPSA) is 169 Å². The molecule has 1 saturated carbocycles. The number of terminal acetylenes is 1. The van der Waals surface area contributed by atoms with Crippen molar-refractivity contribution in [2.75, 3.05) is 19.8 Å². The molecular formula is C35H35N2O10+. The number of quaternary nitrogens is 1. The number of fused-ring (bicyclic) bond motifs is 1. The molecular weight excluding hydrogens is 608 g/mol. The third-order valence-electron chi connectivity index (χ3n) is 9.02. The fourth-order valence-corrected chi connectivity index (χ4v) is 6.79. The number of rotatable bonds is 10. The second kappa shape index (κ2) is 13.9. The Hall–Kier alpha value is -5.38. The summed E-state index contributed by atoms with van der Waals surface area (Å²) in [6.07, 6.45) is 7.49. The second-order valence-electron chi connectivity index (χ2n) is 11.5. The third-order valence-corrected chi connectivity index (χ3v) is 9.02. The van der Waals surface area contributed by atoms with Crippen LogP contribution in [0.15, 0.2) is 78.9 Å². The predicted molar refractivity (Wildman–Crippen MR) is 166 cm³/mol. The molecule has 4 N–H and O–H groups in total. The van der Waals surface area contributed by atoms with E-state index in [0.29, 0.717) is 37.5 Å². The molecule has 5 unspecified atom stereocenters. The van der Waals surface area contributed by atoms with E-state index in [4.69, 9.17) is 25.7 Å². The Bertz CT molecular complexity index is 1670. The van der Waals surface area contributed by atoms with Crippen molar-refractivity contribution in [3.63, 3.8) is 0 Å². The molecule has 1 aliphatic carbocycles. The first-order valence-electron chi connectivity index (χ1n) is 15.1. The Morgan fingerprint density at radius 1 is 0.915 bits per heavy atom. The van der Waals surface area contributed by atoms with Gasteiger partial charge in [-0.2, -0.15) is 0 Å². The molecule has 3 aromatic rings. The highest BCUT2D eigenvalue weighted by Crippen LogP contribution is 2.62. The number of carbonyl (C=O) groups is 4. The summed E-state index contributed by atoms with van der Waals surface area (Å²) in [5.41, 5.74) is -1.64. The van der Waals surface area contributed by atoms with Crippen LogP contribution in [-0.2, 0) is 14.3 Å². The van der Waals surface area contributed by atoms with Crippen LogP contribution < -0.4 is 14.8 Å². The highest BCUT2D eigenvalue weighted by atomic mass is 16.5. The first-order chi connectivity index (χ1) is 22.6. The van der Waals surface area contributed by atoms with Crippen LogP contribution in [0.5, 0.6) is 17.2 Å². The molecule has 47 heavy (non-hydrogen) atoms. The monoisotopic (exact) mass is 643 g/mol. The molecule has 0 bridgehead atoms. The van der Waals surface area contributed by atoms with E-state index in [-0.39, 0.29) is 52.8 Å². The number of phenols is 1. The first kappa shape index (κ1) is 33.0. The minimum absolute atomic E-state index is 0.115. The largest absolute Gasteiger partial charge is 0.508 e. The number of aromatic carboxylic acids is 1. The second-order valence-corrected chi connectivity index (χ2v) is 11.5. The molecule has 2 saturated heterocycles. The number of hydrogen-bond donors (Lipinski definition) is 4. The lowest BCUT2D eigenvalue weighted by Gasteiger charge is -2.43. The molecule has 2 spiro atoms. The summed E-state index contributed by atoms with van der Waals surface area (Å²) in [6, 6.07) is 21.8. The number of ether oxygens (including phenoxy) is 3. The van der Waals surface area contributed by atoms with Crippen molar-refractivity contribution in [2.45, 2.75) is 43.5 Å². The zero-order chi connectivity index (χ0) is 33.6. The quantitative estimate of drug-likeness (QED) is 0.111. The lowest BCUT2D eigenvalue weighted by atomic mass is 9.75. The van der Waals surface area contributed by atoms with Gasteiger partial charge in [-0.25, -0.2) is 14.1 Å². The van der Waals surface area contributed by atoms with Crippen molar-refractivity contribution in [1.82, 2.24) is 5.32 Å². The van der Waals surface area contributed by atoms with Crippen LogP contribution >= 0.6 is 0 Å². The maximum Gasteiger partial charge on any atom is 0.379 e. The summed E-state index contributed by atoms with van der Waals surface area (Å²) >= 11 is 0. The number of nitrogens with one attached hydrogen (secondary N) is 1. The summed E-state index contributed by atoms with van der Waals surface area (Å²) in [7, 11) is 0. The summed E-state index contributed by atoms with van der Waals surface area (Å²) in [6.45, 7) is 0.954. The average molecular weight is 644 g/mol. The molecule has 12 nitrogen and oxygen atoms in total. The van der Waals surface area contributed by atoms with Gasteiger partial charge in [0.15, 0.2) is 6.17 Å². The molecule has 3 fully saturated rings. The maximum absolute atomic E-state index is 13.6. The van der Waals surface area contributed by atoms with E-state index >= 15 is 0 Å². The minimum Gasteiger partial charge on any atom is -0.508 e. The Morgan fingerprint density at radius 2 is 1.62 bits per heavy atom. The molecule has 3 aliphatic rings. The molecule has 12 heteroatoms. The fourth-order valence-electron chi connectivity index (χ4n) is 6.79. The highest BCUT2D eigenvalue weighted by Gasteiger charge is 2.91. The van der Waals surface area contributed by atoms with E-state index in [9.17, 15) is 29.4 Å². The smallest absolute Gasteiger partial charge is 0.379 e. The molecule has 3 aromatic carbocycles. The molecule has 2 heterocycles. The van der Waals surface area contributed by atoms with Gasteiger partial charge in [0.2, 0.25) is 5.54 Å². The van der Waals surface area contributed by atoms with E-state index in [1.165, 1.54) is 18.2 Å². The van der Waals surface area contributed by atoms with Crippen molar-refractivity contribution < 1.29 is 53.2 Å². The van der Waals surface area contributed by atoms with E-state index in [2.05, 4.69) is 5.32 Å². The molecule has 5 atom stereocenters. The fraction of sp³-hybridized carbons (Fsp3) is 0.314. The van der Waals surface area contributed by atoms with Gasteiger partial charge in [-0.05, 0) is 55.3 Å². The third kappa shape index (κ3) is 6.49. The number of carboxylic acids is 2. The molecule has 244 valence electrons. The number of aromatic hydroxyl groups is 1. The lowest BCUT2D eigenvalue weighted by Crippen LogP contribution is -2.66. The van der Waals surface area contributed by atoms with Gasteiger partial charge in [-0.3, -0.25) is 9.59 Å². The van der Waals surface area contributed by atoms with Crippen LogP contribution in [0.4, 0.5) is 0 Å². The molecule has 2 amide bonds. The van der Waals surface area contributed by atoms with E-state index in [0.717, 1.165) is 0 Å². The average Bonchev–Trinajstić information content (AvgIpc) is 3.60. The van der Waals surface area contributed by atoms with Gasteiger partial charge < -0.3 is 34.8 Å². The Labute approximate surface area is 271 Å². The van der Waals surface area contributed by atoms with E-state index in [1.807, 2.05) is 42.5 Å². The Balaban J connectivity index is 0.000000549. The van der Waals surface area contributed by atoms with Crippen LogP contribution in [0.1, 0.15) is 46.4 Å². The molecule has 6 rings (SSSR count). The number of para-hydroxylation sites is 2. The summed E-state index contributed by atoms with van der Waals surface area (Å²) in [5.74, 6) is -3.10. The number of amides is 2. The number of phenolic OH excluding ortho intramolecular Hbond substituents is 1. The Morgan fingerprint density at radius 3 is 2.19 bits per heavy atom. The number of carbonyl (C=O) groups excluding carboxylic acids is 2. The van der Waals surface area contributed by atoms with Crippen molar-refractivity contribution >= 4 is 23.8 Å². The van der Waals surface area contributed by atoms with Gasteiger partial charge in [0.25, 0.3) is 5.91 Å². The van der Waals surface area contributed by atoms with Crippen molar-refractivity contribution in [3.05, 3.63) is 90.0 Å². The van der Waals surface area contributed by atoms with E-state index < -0.39 is 35.5 Å². The van der Waals surface area contributed by atoms with Crippen molar-refractivity contribution in [2.24, 2.45) is 5.92 Å². The van der Waals surface area contributed by atoms with Crippen molar-refractivity contribution in [1.29, 1.82) is 0 Å². The van der Waals surface area contributed by atoms with Gasteiger partial charge in [-0.15, -0.1) is 0 Å². The van der Waals surface area contributed by atoms with Crippen LogP contribution in [0, 0.1) is 18.4 Å². The Kier molecular flexibility index (Phi) is 9.79. The summed E-state index contributed by atoms with van der Waals surface area (Å²) in [4.78, 5) is 50.8. The van der Waals surface area contributed by atoms with Gasteiger partial charge >= 0.3 is 17.8 Å². The highest BCUT2D eigenvalue weighted by molar-refractivity contribution is 6.05. The van der Waals surface area contributed by atoms with Gasteiger partial charge in [0.05, 0.1) is 36.8 Å². The number of benzene rings is 3. The zero-order valence-corrected chi connectivity index (χ0v) is 25.4. The van der Waals surface area contributed by atoms with Gasteiger partial charge in [0.1, 0.15) is 35.9 Å². The first-order valence-corrected chi connectivity index (χ1v) is 15.1. The number of aliphatic carboxylic acids is 1. The number of nitrogens with zero attached hydrogens (tertiary/aromatic N) is 1. The van der Waals surface area contributed by atoms with E-state index in [1.54, 1.807) is 24.3 Å². The lowest BCUT2D eigenvalue weighted by molar-refractivity contribution is -0.874. The standard InChI is InChI=1S/C29H28N2O9.C6H6O/c1-2-38-19-8-10-21(26(33)34)22(16-19)25(32)30-24-12-13-31(24)28(37)29(31)17-20(9-11-23(29)27(35)36)40-15-14-39-18-6-4-3-5-7-18;7-6-4-2-1-3-5-6/h1,3-8,10,16,20,23-24H,9,11-15,17H2,(H2-,30,32,33,34,35,36);1-5,7H/p+1. The number of hydrogen-bond acceptors (Lipinski definition) is 8. The summed E-state index contributed by atoms with van der Waals surface area (Å²) in [5, 5.41) is 31.0. The van der Waals surface area contributed by atoms with Gasteiger partial charge in [-0.1, -0.05) is 42.8 Å². The molecule has 0 aromatic heterocycles. The van der Waals surface area contributed by atoms with Gasteiger partial charge in [0, 0.05) is 6.42 Å². The number of carboxylic acid groups (broad SMARTS) is 2. The zero-order valence-electron chi connectivity index (χ0n) is 25.4. The summed E-state index contributed by atoms with van der Waals surface area (Å²) < 4.78 is 16.5. The van der Waals surface area contributed by atoms with Crippen LogP contribution in [0.3, 0.4) is 0 Å². The van der Waals surface area contributed by atoms with Crippen LogP contribution in [-0.4, -0.2) is 81.1 Å². The van der Waals surface area contributed by atoms with Crippen LogP contribution in [0.25, 0.3) is 0 Å². The minimum atomic E-state index is -1.32. The molecule has 2 aliphatic heterocycles.